The van der Waals surface area contributed by atoms with Crippen molar-refractivity contribution in [2.24, 2.45) is 0 Å². The van der Waals surface area contributed by atoms with E-state index in [1.165, 1.54) is 12.8 Å². The normalized spacial score (nSPS) is 12.6. The smallest absolute Gasteiger partial charge is 0.0740 e. The van der Waals surface area contributed by atoms with Crippen molar-refractivity contribution in [2.45, 2.75) is 33.2 Å². The predicted octanol–water partition coefficient (Wildman–Crippen LogP) is 4.78. The largest absolute Gasteiger partial charge is 0.103 e. The molecule has 0 rings (SSSR count). The lowest BCUT2D eigenvalue weighted by molar-refractivity contribution is 0.698. The third-order valence-corrected chi connectivity index (χ3v) is 6.91. The summed E-state index contributed by atoms with van der Waals surface area (Å²) in [6.45, 7) is 2.19. The highest BCUT2D eigenvalue weighted by Gasteiger charge is 2.28. The molecule has 0 spiro atoms. The van der Waals surface area contributed by atoms with Crippen LogP contribution in [0.15, 0.2) is 0 Å². The van der Waals surface area contributed by atoms with Crippen molar-refractivity contribution in [3.8, 4) is 0 Å². The summed E-state index contributed by atoms with van der Waals surface area (Å²) in [7, 11) is 0. The number of unbranched alkanes of at least 4 members (excludes halogenated alkanes) is 1. The molecule has 0 saturated carbocycles. The van der Waals surface area contributed by atoms with Crippen molar-refractivity contribution in [2.75, 3.05) is 0 Å². The maximum Gasteiger partial charge on any atom is 0.103 e. The van der Waals surface area contributed by atoms with Crippen molar-refractivity contribution >= 4 is 63.7 Å². The monoisotopic (exact) mass is 398 g/mol. The highest BCUT2D eigenvalue weighted by atomic mass is 79.9. The summed E-state index contributed by atoms with van der Waals surface area (Å²) >= 11 is 14.0. The van der Waals surface area contributed by atoms with Gasteiger partial charge in [-0.1, -0.05) is 83.5 Å². The van der Waals surface area contributed by atoms with Crippen LogP contribution in [0.4, 0.5) is 0 Å². The van der Waals surface area contributed by atoms with Crippen molar-refractivity contribution in [3.05, 3.63) is 0 Å². The van der Waals surface area contributed by atoms with Crippen LogP contribution in [-0.2, 0) is 0 Å². The second-order valence-corrected chi connectivity index (χ2v) is 9.12. The SMILES string of the molecule is CCCCC(Br)(Br)C(Br)Br. The Labute approximate surface area is 96.0 Å². The average Bonchev–Trinajstić information content (AvgIpc) is 1.84. The molecule has 0 N–H and O–H groups in total. The van der Waals surface area contributed by atoms with Crippen LogP contribution >= 0.6 is 63.7 Å². The fraction of sp³-hybridized carbons (Fsp3) is 1.00. The van der Waals surface area contributed by atoms with E-state index in [0.29, 0.717) is 0 Å². The molecule has 4 heteroatoms. The molecule has 0 bridgehead atoms. The minimum Gasteiger partial charge on any atom is -0.0740 e. The average molecular weight is 402 g/mol. The first-order valence-electron chi connectivity index (χ1n) is 3.16. The van der Waals surface area contributed by atoms with Gasteiger partial charge in [0, 0.05) is 0 Å². The van der Waals surface area contributed by atoms with Crippen LogP contribution in [0.1, 0.15) is 26.2 Å². The summed E-state index contributed by atoms with van der Waals surface area (Å²) in [5.41, 5.74) is 0. The van der Waals surface area contributed by atoms with Crippen molar-refractivity contribution in [1.82, 2.24) is 0 Å². The zero-order valence-corrected chi connectivity index (χ0v) is 12.1. The molecule has 0 radical (unpaired) electrons. The molecule has 0 amide bonds. The summed E-state index contributed by atoms with van der Waals surface area (Å²) < 4.78 is 0.287. The van der Waals surface area contributed by atoms with Crippen molar-refractivity contribution in [3.63, 3.8) is 0 Å². The fourth-order valence-corrected chi connectivity index (χ4v) is 1.54. The van der Waals surface area contributed by atoms with E-state index < -0.39 is 0 Å². The van der Waals surface area contributed by atoms with E-state index >= 15 is 0 Å². The topological polar surface area (TPSA) is 0 Å². The summed E-state index contributed by atoms with van der Waals surface area (Å²) in [6.07, 6.45) is 3.57. The molecule has 0 nitrogen and oxygen atoms in total. The fourth-order valence-electron chi connectivity index (χ4n) is 0.522. The van der Waals surface area contributed by atoms with Gasteiger partial charge in [0.15, 0.2) is 0 Å². The zero-order chi connectivity index (χ0) is 8.20. The summed E-state index contributed by atoms with van der Waals surface area (Å²) in [5, 5.41) is 0. The molecule has 0 aliphatic rings. The molecule has 0 aromatic carbocycles. The van der Waals surface area contributed by atoms with Crippen LogP contribution in [0.25, 0.3) is 0 Å². The second-order valence-electron chi connectivity index (χ2n) is 2.17. The van der Waals surface area contributed by atoms with E-state index in [-0.39, 0.29) is 6.97 Å². The first kappa shape index (κ1) is 11.9. The Hall–Kier alpha value is 1.92. The Morgan fingerprint density at radius 3 is 2.10 bits per heavy atom. The minimum absolute atomic E-state index is 0.00993. The van der Waals surface area contributed by atoms with Gasteiger partial charge in [-0.25, -0.2) is 0 Å². The van der Waals surface area contributed by atoms with Crippen LogP contribution in [0, 0.1) is 0 Å². The lowest BCUT2D eigenvalue weighted by Gasteiger charge is -2.21. The van der Waals surface area contributed by atoms with Gasteiger partial charge in [0.2, 0.25) is 0 Å². The third-order valence-electron chi connectivity index (χ3n) is 1.18. The summed E-state index contributed by atoms with van der Waals surface area (Å²) in [6, 6.07) is 0. The number of hydrogen-bond acceptors (Lipinski definition) is 0. The number of halogens is 4. The molecular weight excluding hydrogens is 392 g/mol. The molecule has 62 valence electrons. The van der Waals surface area contributed by atoms with E-state index in [2.05, 4.69) is 70.6 Å². The van der Waals surface area contributed by atoms with Crippen LogP contribution in [0.2, 0.25) is 0 Å². The summed E-state index contributed by atoms with van der Waals surface area (Å²) in [4.78, 5) is 0. The molecule has 0 saturated heterocycles. The Bertz CT molecular complexity index is 89.7. The number of alkyl halides is 4. The highest BCUT2D eigenvalue weighted by Crippen LogP contribution is 2.42. The standard InChI is InChI=1S/C6H10Br4/c1-2-3-4-6(9,10)5(7)8/h5H,2-4H2,1H3. The first-order chi connectivity index (χ1) is 4.50. The van der Waals surface area contributed by atoms with Crippen LogP contribution in [0.5, 0.6) is 0 Å². The zero-order valence-electron chi connectivity index (χ0n) is 5.71. The third kappa shape index (κ3) is 4.73. The molecule has 0 fully saturated rings. The minimum atomic E-state index is 0.00993. The van der Waals surface area contributed by atoms with E-state index in [1.807, 2.05) is 0 Å². The van der Waals surface area contributed by atoms with E-state index in [0.717, 1.165) is 6.42 Å². The Morgan fingerprint density at radius 1 is 1.30 bits per heavy atom. The summed E-state index contributed by atoms with van der Waals surface area (Å²) in [5.74, 6) is 0. The molecule has 0 unspecified atom stereocenters. The molecule has 10 heavy (non-hydrogen) atoms. The number of rotatable bonds is 4. The van der Waals surface area contributed by atoms with Crippen LogP contribution in [-0.4, -0.2) is 6.97 Å². The Kier molecular flexibility index (Phi) is 6.61. The van der Waals surface area contributed by atoms with Gasteiger partial charge in [0.25, 0.3) is 0 Å². The van der Waals surface area contributed by atoms with Gasteiger partial charge in [-0.3, -0.25) is 0 Å². The molecule has 0 atom stereocenters. The molecule has 0 aromatic heterocycles. The van der Waals surface area contributed by atoms with Gasteiger partial charge in [-0.15, -0.1) is 0 Å². The molecule has 0 heterocycles. The lowest BCUT2D eigenvalue weighted by atomic mass is 10.2. The van der Waals surface area contributed by atoms with E-state index in [1.54, 1.807) is 0 Å². The predicted molar refractivity (Wildman–Crippen MR) is 61.8 cm³/mol. The lowest BCUT2D eigenvalue weighted by Crippen LogP contribution is -2.18. The quantitative estimate of drug-likeness (QED) is 0.595. The number of hydrogen-bond donors (Lipinski definition) is 0. The van der Waals surface area contributed by atoms with Crippen molar-refractivity contribution < 1.29 is 0 Å². The molecular formula is C6H10Br4. The van der Waals surface area contributed by atoms with Gasteiger partial charge in [0.05, 0.1) is 3.74 Å². The van der Waals surface area contributed by atoms with Crippen LogP contribution in [0.3, 0.4) is 0 Å². The maximum absolute atomic E-state index is 3.57. The molecule has 0 aromatic rings. The van der Waals surface area contributed by atoms with Crippen molar-refractivity contribution in [1.29, 1.82) is 0 Å². The van der Waals surface area contributed by atoms with Crippen LogP contribution < -0.4 is 0 Å². The van der Waals surface area contributed by atoms with Gasteiger partial charge in [-0.2, -0.15) is 0 Å². The maximum atomic E-state index is 3.57. The first-order valence-corrected chi connectivity index (χ1v) is 6.58. The van der Waals surface area contributed by atoms with Gasteiger partial charge in [-0.05, 0) is 6.42 Å². The molecule has 0 aliphatic heterocycles. The second kappa shape index (κ2) is 5.55. The Balaban J connectivity index is 3.63. The van der Waals surface area contributed by atoms with Gasteiger partial charge in [0.1, 0.15) is 3.23 Å². The highest BCUT2D eigenvalue weighted by molar-refractivity contribution is 9.30. The molecule has 0 aliphatic carbocycles. The van der Waals surface area contributed by atoms with Gasteiger partial charge >= 0.3 is 0 Å². The van der Waals surface area contributed by atoms with E-state index in [9.17, 15) is 0 Å². The van der Waals surface area contributed by atoms with E-state index in [4.69, 9.17) is 0 Å². The Morgan fingerprint density at radius 2 is 1.80 bits per heavy atom. The van der Waals surface area contributed by atoms with Gasteiger partial charge < -0.3 is 0 Å².